The maximum Gasteiger partial charge on any atom is 0.573 e. The summed E-state index contributed by atoms with van der Waals surface area (Å²) in [5.74, 6) is -0.335. The van der Waals surface area contributed by atoms with E-state index in [2.05, 4.69) is 4.74 Å². The topological polar surface area (TPSA) is 69.9 Å². The van der Waals surface area contributed by atoms with E-state index < -0.39 is 18.4 Å². The number of carboxylic acids is 1. The number of nitrogens with zero attached hydrogens (tertiary/aromatic N) is 1. The van der Waals surface area contributed by atoms with E-state index in [9.17, 15) is 18.0 Å². The number of carbonyl (C=O) groups is 1. The Balaban J connectivity index is 1.81. The number of alkyl halides is 3. The molecular formula is C27H24F3NO5. The smallest absolute Gasteiger partial charge is 0.497 e. The quantitative estimate of drug-likeness (QED) is 0.303. The third kappa shape index (κ3) is 5.40. The number of hydrogen-bond donors (Lipinski definition) is 1. The van der Waals surface area contributed by atoms with E-state index in [1.807, 2.05) is 41.8 Å². The van der Waals surface area contributed by atoms with Gasteiger partial charge in [-0.2, -0.15) is 0 Å². The van der Waals surface area contributed by atoms with Crippen molar-refractivity contribution in [2.24, 2.45) is 0 Å². The van der Waals surface area contributed by atoms with Crippen LogP contribution >= 0.6 is 0 Å². The zero-order valence-corrected chi connectivity index (χ0v) is 19.8. The lowest BCUT2D eigenvalue weighted by Crippen LogP contribution is -2.22. The molecule has 0 unspecified atom stereocenters. The molecule has 9 heteroatoms. The fourth-order valence-electron chi connectivity index (χ4n) is 4.13. The van der Waals surface area contributed by atoms with Crippen LogP contribution in [0.5, 0.6) is 17.2 Å². The molecule has 0 bridgehead atoms. The number of carboxylic acid groups (broad SMARTS) is 1. The van der Waals surface area contributed by atoms with Crippen LogP contribution in [0.1, 0.15) is 18.2 Å². The highest BCUT2D eigenvalue weighted by Crippen LogP contribution is 2.38. The van der Waals surface area contributed by atoms with Gasteiger partial charge in [-0.25, -0.2) is 4.79 Å². The summed E-state index contributed by atoms with van der Waals surface area (Å²) in [6.45, 7) is 3.64. The van der Waals surface area contributed by atoms with E-state index in [-0.39, 0.29) is 5.75 Å². The summed E-state index contributed by atoms with van der Waals surface area (Å²) in [7, 11) is 1.57. The molecule has 4 aromatic rings. The van der Waals surface area contributed by atoms with E-state index >= 15 is 0 Å². The number of aromatic nitrogens is 1. The summed E-state index contributed by atoms with van der Waals surface area (Å²) in [5.41, 5.74) is 3.94. The summed E-state index contributed by atoms with van der Waals surface area (Å²) < 4.78 is 55.6. The van der Waals surface area contributed by atoms with Crippen molar-refractivity contribution < 1.29 is 37.3 Å². The van der Waals surface area contributed by atoms with Crippen LogP contribution in [0.15, 0.2) is 66.7 Å². The van der Waals surface area contributed by atoms with Gasteiger partial charge in [0.1, 0.15) is 17.2 Å². The molecule has 188 valence electrons. The molecular weight excluding hydrogens is 475 g/mol. The Kier molecular flexibility index (Phi) is 6.83. The molecule has 0 aliphatic rings. The first-order valence-electron chi connectivity index (χ1n) is 11.1. The van der Waals surface area contributed by atoms with Crippen molar-refractivity contribution in [1.29, 1.82) is 0 Å². The lowest BCUT2D eigenvalue weighted by Gasteiger charge is -2.14. The van der Waals surface area contributed by atoms with Crippen LogP contribution in [-0.4, -0.2) is 35.2 Å². The normalized spacial score (nSPS) is 12.4. The minimum Gasteiger partial charge on any atom is -0.497 e. The van der Waals surface area contributed by atoms with E-state index in [0.29, 0.717) is 23.6 Å². The molecule has 0 saturated heterocycles. The van der Waals surface area contributed by atoms with Gasteiger partial charge in [-0.3, -0.25) is 0 Å². The van der Waals surface area contributed by atoms with Gasteiger partial charge in [0.15, 0.2) is 6.10 Å². The third-order valence-corrected chi connectivity index (χ3v) is 5.81. The Hall–Kier alpha value is -4.14. The molecule has 0 aliphatic heterocycles. The van der Waals surface area contributed by atoms with Crippen molar-refractivity contribution in [3.63, 3.8) is 0 Å². The van der Waals surface area contributed by atoms with Crippen molar-refractivity contribution in [2.45, 2.75) is 32.9 Å². The zero-order valence-electron chi connectivity index (χ0n) is 19.8. The largest absolute Gasteiger partial charge is 0.573 e. The standard InChI is InChI=1S/C27H24F3NO5/c1-16-25(19-7-9-20(34-3)10-8-19)23-12-11-22(36-27(28,29)30)14-24(23)31(16)15-18-5-4-6-21(13-18)35-17(2)26(32)33/h4-14,17H,15H2,1-3H3,(H,32,33)/t17-/m1/s1. The van der Waals surface area contributed by atoms with Gasteiger partial charge in [-0.05, 0) is 61.4 Å². The molecule has 1 atom stereocenters. The monoisotopic (exact) mass is 499 g/mol. The third-order valence-electron chi connectivity index (χ3n) is 5.81. The fourth-order valence-corrected chi connectivity index (χ4v) is 4.13. The van der Waals surface area contributed by atoms with Gasteiger partial charge in [-0.1, -0.05) is 24.3 Å². The second-order valence-electron chi connectivity index (χ2n) is 8.25. The first-order chi connectivity index (χ1) is 17.1. The Morgan fingerprint density at radius 3 is 2.33 bits per heavy atom. The lowest BCUT2D eigenvalue weighted by molar-refractivity contribution is -0.274. The summed E-state index contributed by atoms with van der Waals surface area (Å²) in [6, 6.07) is 18.7. The van der Waals surface area contributed by atoms with Gasteiger partial charge in [0.2, 0.25) is 0 Å². The first-order valence-corrected chi connectivity index (χ1v) is 11.1. The Bertz CT molecular complexity index is 1390. The summed E-state index contributed by atoms with van der Waals surface area (Å²) in [6.07, 6.45) is -5.84. The number of fused-ring (bicyclic) bond motifs is 1. The van der Waals surface area contributed by atoms with Crippen LogP contribution in [-0.2, 0) is 11.3 Å². The number of aliphatic carboxylic acids is 1. The van der Waals surface area contributed by atoms with E-state index in [0.717, 1.165) is 27.8 Å². The van der Waals surface area contributed by atoms with E-state index in [1.165, 1.54) is 19.1 Å². The lowest BCUT2D eigenvalue weighted by atomic mass is 10.0. The van der Waals surface area contributed by atoms with Crippen molar-refractivity contribution in [2.75, 3.05) is 7.11 Å². The Morgan fingerprint density at radius 2 is 1.69 bits per heavy atom. The molecule has 3 aromatic carbocycles. The van der Waals surface area contributed by atoms with Crippen molar-refractivity contribution in [1.82, 2.24) is 4.57 Å². The van der Waals surface area contributed by atoms with Crippen LogP contribution < -0.4 is 14.2 Å². The molecule has 0 saturated carbocycles. The highest BCUT2D eigenvalue weighted by Gasteiger charge is 2.31. The van der Waals surface area contributed by atoms with E-state index in [4.69, 9.17) is 14.6 Å². The maximum absolute atomic E-state index is 12.9. The molecule has 0 radical (unpaired) electrons. The molecule has 1 aromatic heterocycles. The molecule has 1 heterocycles. The Morgan fingerprint density at radius 1 is 1.00 bits per heavy atom. The summed E-state index contributed by atoms with van der Waals surface area (Å²) >= 11 is 0. The number of hydrogen-bond acceptors (Lipinski definition) is 4. The predicted molar refractivity (Wildman–Crippen MR) is 129 cm³/mol. The Labute approximate surface area is 205 Å². The predicted octanol–water partition coefficient (Wildman–Crippen LogP) is 6.42. The molecule has 0 aliphatic carbocycles. The van der Waals surface area contributed by atoms with Gasteiger partial charge in [-0.15, -0.1) is 13.2 Å². The molecule has 0 spiro atoms. The minimum atomic E-state index is -4.81. The average molecular weight is 499 g/mol. The van der Waals surface area contributed by atoms with Crippen molar-refractivity contribution in [3.05, 3.63) is 78.0 Å². The first kappa shape index (κ1) is 25.0. The number of halogens is 3. The number of methoxy groups -OCH3 is 1. The molecule has 4 rings (SSSR count). The number of rotatable bonds is 8. The molecule has 0 fully saturated rings. The molecule has 1 N–H and O–H groups in total. The van der Waals surface area contributed by atoms with Crippen LogP contribution in [0, 0.1) is 6.92 Å². The van der Waals surface area contributed by atoms with Gasteiger partial charge in [0.25, 0.3) is 0 Å². The van der Waals surface area contributed by atoms with Crippen LogP contribution in [0.25, 0.3) is 22.0 Å². The van der Waals surface area contributed by atoms with Gasteiger partial charge in [0, 0.05) is 29.3 Å². The van der Waals surface area contributed by atoms with Crippen molar-refractivity contribution >= 4 is 16.9 Å². The van der Waals surface area contributed by atoms with Crippen LogP contribution in [0.4, 0.5) is 13.2 Å². The average Bonchev–Trinajstić information content (AvgIpc) is 3.09. The highest BCUT2D eigenvalue weighted by molar-refractivity contribution is 5.98. The van der Waals surface area contributed by atoms with Gasteiger partial charge >= 0.3 is 12.3 Å². The molecule has 6 nitrogen and oxygen atoms in total. The fraction of sp³-hybridized carbons (Fsp3) is 0.222. The summed E-state index contributed by atoms with van der Waals surface area (Å²) in [5, 5.41) is 9.89. The van der Waals surface area contributed by atoms with E-state index in [1.54, 1.807) is 31.4 Å². The minimum absolute atomic E-state index is 0.312. The molecule has 0 amide bonds. The van der Waals surface area contributed by atoms with Crippen molar-refractivity contribution in [3.8, 4) is 28.4 Å². The second-order valence-corrected chi connectivity index (χ2v) is 8.25. The highest BCUT2D eigenvalue weighted by atomic mass is 19.4. The summed E-state index contributed by atoms with van der Waals surface area (Å²) in [4.78, 5) is 11.2. The maximum atomic E-state index is 12.9. The molecule has 36 heavy (non-hydrogen) atoms. The van der Waals surface area contributed by atoms with Gasteiger partial charge < -0.3 is 23.9 Å². The van der Waals surface area contributed by atoms with Crippen LogP contribution in [0.2, 0.25) is 0 Å². The number of benzene rings is 3. The zero-order chi connectivity index (χ0) is 26.0. The number of ether oxygens (including phenoxy) is 3. The second kappa shape index (κ2) is 9.85. The SMILES string of the molecule is COc1ccc(-c2c(C)n(Cc3cccc(O[C@H](C)C(=O)O)c3)c3cc(OC(F)(F)F)ccc23)cc1. The van der Waals surface area contributed by atoms with Crippen LogP contribution in [0.3, 0.4) is 0 Å². The van der Waals surface area contributed by atoms with Gasteiger partial charge in [0.05, 0.1) is 12.6 Å².